The maximum absolute atomic E-state index is 12.6. The zero-order chi connectivity index (χ0) is 18.3. The minimum absolute atomic E-state index is 0.0200. The molecule has 26 heavy (non-hydrogen) atoms. The van der Waals surface area contributed by atoms with Crippen LogP contribution in [0, 0.1) is 24.2 Å². The van der Waals surface area contributed by atoms with E-state index in [1.807, 2.05) is 13.0 Å². The highest BCUT2D eigenvalue weighted by molar-refractivity contribution is 7.17. The number of nitrogens with one attached hydrogen (secondary N) is 1. The molecule has 6 nitrogen and oxygen atoms in total. The molecule has 3 aromatic heterocycles. The molecule has 0 radical (unpaired) electrons. The van der Waals surface area contributed by atoms with Crippen LogP contribution >= 0.6 is 22.9 Å². The Morgan fingerprint density at radius 2 is 2.23 bits per heavy atom. The van der Waals surface area contributed by atoms with Crippen molar-refractivity contribution in [2.75, 3.05) is 0 Å². The molecule has 1 aliphatic carbocycles. The van der Waals surface area contributed by atoms with Gasteiger partial charge in [-0.25, -0.2) is 4.98 Å². The van der Waals surface area contributed by atoms with Gasteiger partial charge in [-0.1, -0.05) is 11.6 Å². The second-order valence-corrected chi connectivity index (χ2v) is 8.01. The maximum atomic E-state index is 12.6. The van der Waals surface area contributed by atoms with E-state index in [2.05, 4.69) is 21.4 Å². The number of pyridine rings is 1. The van der Waals surface area contributed by atoms with E-state index in [0.29, 0.717) is 28.8 Å². The van der Waals surface area contributed by atoms with E-state index < -0.39 is 0 Å². The standard InChI is InChI=1S/C18H16ClN5OS/c1-10-17(15-4-11(15)6-20)24-16(25)5-14(23-18(24)26-10)9-21-8-13-3-2-12(19)7-22-13/h2-3,5,7,11,15,21H,4,8-9H2,1H3. The smallest absolute Gasteiger partial charge is 0.259 e. The number of hydrogen-bond acceptors (Lipinski definition) is 6. The molecule has 0 aliphatic heterocycles. The molecule has 1 aliphatic rings. The molecular weight excluding hydrogens is 370 g/mol. The minimum Gasteiger partial charge on any atom is -0.305 e. The first-order valence-electron chi connectivity index (χ1n) is 8.29. The first-order valence-corrected chi connectivity index (χ1v) is 9.49. The van der Waals surface area contributed by atoms with Gasteiger partial charge in [0.25, 0.3) is 5.56 Å². The second kappa shape index (κ2) is 6.80. The third-order valence-corrected chi connectivity index (χ3v) is 5.69. The second-order valence-electron chi connectivity index (χ2n) is 6.40. The van der Waals surface area contributed by atoms with Gasteiger partial charge in [0.2, 0.25) is 0 Å². The largest absolute Gasteiger partial charge is 0.305 e. The minimum atomic E-state index is -0.0839. The summed E-state index contributed by atoms with van der Waals surface area (Å²) in [5.41, 5.74) is 2.44. The molecule has 3 aromatic rings. The third kappa shape index (κ3) is 3.23. The van der Waals surface area contributed by atoms with E-state index in [-0.39, 0.29) is 17.4 Å². The SMILES string of the molecule is Cc1sc2nc(CNCc3ccc(Cl)cn3)cc(=O)n2c1C1CC1C#N. The average Bonchev–Trinajstić information content (AvgIpc) is 3.31. The van der Waals surface area contributed by atoms with Crippen molar-refractivity contribution in [2.24, 2.45) is 5.92 Å². The number of fused-ring (bicyclic) bond motifs is 1. The zero-order valence-electron chi connectivity index (χ0n) is 14.1. The van der Waals surface area contributed by atoms with Crippen LogP contribution < -0.4 is 10.9 Å². The molecule has 0 amide bonds. The Kier molecular flexibility index (Phi) is 4.49. The van der Waals surface area contributed by atoms with Gasteiger partial charge in [0.1, 0.15) is 0 Å². The summed E-state index contributed by atoms with van der Waals surface area (Å²) in [4.78, 5) is 23.2. The van der Waals surface area contributed by atoms with E-state index in [4.69, 9.17) is 16.9 Å². The number of nitrogens with zero attached hydrogens (tertiary/aromatic N) is 4. The monoisotopic (exact) mass is 385 g/mol. The van der Waals surface area contributed by atoms with E-state index in [0.717, 1.165) is 22.7 Å². The number of rotatable bonds is 5. The van der Waals surface area contributed by atoms with E-state index in [9.17, 15) is 4.79 Å². The summed E-state index contributed by atoms with van der Waals surface area (Å²) >= 11 is 7.33. The van der Waals surface area contributed by atoms with Crippen LogP contribution in [0.2, 0.25) is 5.02 Å². The number of aryl methyl sites for hydroxylation is 1. The van der Waals surface area contributed by atoms with Crippen molar-refractivity contribution in [1.82, 2.24) is 19.7 Å². The van der Waals surface area contributed by atoms with Crippen molar-refractivity contribution in [3.8, 4) is 6.07 Å². The predicted molar refractivity (Wildman–Crippen MR) is 100 cm³/mol. The Bertz CT molecular complexity index is 1070. The molecule has 4 rings (SSSR count). The van der Waals surface area contributed by atoms with E-state index in [1.165, 1.54) is 11.3 Å². The number of aromatic nitrogens is 3. The fourth-order valence-electron chi connectivity index (χ4n) is 3.13. The summed E-state index contributed by atoms with van der Waals surface area (Å²) in [6.07, 6.45) is 2.44. The van der Waals surface area contributed by atoms with Crippen LogP contribution in [0.15, 0.2) is 29.2 Å². The summed E-state index contributed by atoms with van der Waals surface area (Å²) in [5.74, 6) is 0.180. The lowest BCUT2D eigenvalue weighted by molar-refractivity contribution is 0.666. The van der Waals surface area contributed by atoms with Gasteiger partial charge < -0.3 is 5.32 Å². The van der Waals surface area contributed by atoms with Gasteiger partial charge in [0, 0.05) is 41.8 Å². The average molecular weight is 386 g/mol. The number of hydrogen-bond donors (Lipinski definition) is 1. The molecule has 0 aromatic carbocycles. The van der Waals surface area contributed by atoms with Crippen LogP contribution in [0.5, 0.6) is 0 Å². The van der Waals surface area contributed by atoms with Crippen LogP contribution in [-0.4, -0.2) is 14.4 Å². The molecule has 3 heterocycles. The fraction of sp³-hybridized carbons (Fsp3) is 0.333. The van der Waals surface area contributed by atoms with Gasteiger partial charge in [0.15, 0.2) is 4.96 Å². The van der Waals surface area contributed by atoms with Crippen molar-refractivity contribution in [1.29, 1.82) is 5.26 Å². The van der Waals surface area contributed by atoms with Crippen LogP contribution in [0.4, 0.5) is 0 Å². The highest BCUT2D eigenvalue weighted by Crippen LogP contribution is 2.48. The fourth-order valence-corrected chi connectivity index (χ4v) is 4.31. The summed E-state index contributed by atoms with van der Waals surface area (Å²) in [6.45, 7) is 3.04. The molecule has 0 spiro atoms. The van der Waals surface area contributed by atoms with Crippen molar-refractivity contribution in [2.45, 2.75) is 32.4 Å². The van der Waals surface area contributed by atoms with E-state index >= 15 is 0 Å². The summed E-state index contributed by atoms with van der Waals surface area (Å²) in [7, 11) is 0. The Balaban J connectivity index is 1.53. The van der Waals surface area contributed by atoms with Gasteiger partial charge >= 0.3 is 0 Å². The molecule has 2 atom stereocenters. The van der Waals surface area contributed by atoms with E-state index in [1.54, 1.807) is 22.7 Å². The molecule has 2 unspecified atom stereocenters. The van der Waals surface area contributed by atoms with Gasteiger partial charge in [-0.3, -0.25) is 14.2 Å². The number of thiazole rings is 1. The molecular formula is C18H16ClN5OS. The lowest BCUT2D eigenvalue weighted by atomic mass is 10.2. The number of nitriles is 1. The summed E-state index contributed by atoms with van der Waals surface area (Å²) < 4.78 is 1.67. The molecule has 1 N–H and O–H groups in total. The predicted octanol–water partition coefficient (Wildman–Crippen LogP) is 3.03. The summed E-state index contributed by atoms with van der Waals surface area (Å²) in [6, 6.07) is 7.51. The molecule has 1 fully saturated rings. The topological polar surface area (TPSA) is 83.1 Å². The molecule has 132 valence electrons. The molecule has 0 saturated heterocycles. The molecule has 0 bridgehead atoms. The van der Waals surface area contributed by atoms with Crippen LogP contribution in [-0.2, 0) is 13.1 Å². The first kappa shape index (κ1) is 17.2. The number of halogens is 1. The van der Waals surface area contributed by atoms with Crippen LogP contribution in [0.3, 0.4) is 0 Å². The van der Waals surface area contributed by atoms with Crippen molar-refractivity contribution < 1.29 is 0 Å². The highest BCUT2D eigenvalue weighted by atomic mass is 35.5. The van der Waals surface area contributed by atoms with Crippen LogP contribution in [0.1, 0.15) is 34.3 Å². The lowest BCUT2D eigenvalue weighted by Crippen LogP contribution is -2.20. The Morgan fingerprint density at radius 3 is 2.92 bits per heavy atom. The Labute approximate surface area is 159 Å². The van der Waals surface area contributed by atoms with Crippen molar-refractivity contribution in [3.63, 3.8) is 0 Å². The Morgan fingerprint density at radius 1 is 1.42 bits per heavy atom. The van der Waals surface area contributed by atoms with Gasteiger partial charge in [-0.15, -0.1) is 11.3 Å². The molecule has 1 saturated carbocycles. The van der Waals surface area contributed by atoms with Gasteiger partial charge in [-0.05, 0) is 25.5 Å². The first-order chi connectivity index (χ1) is 12.6. The van der Waals surface area contributed by atoms with Gasteiger partial charge in [-0.2, -0.15) is 5.26 Å². The summed E-state index contributed by atoms with van der Waals surface area (Å²) in [5, 5.41) is 12.9. The van der Waals surface area contributed by atoms with Crippen LogP contribution in [0.25, 0.3) is 4.96 Å². The highest BCUT2D eigenvalue weighted by Gasteiger charge is 2.42. The quantitative estimate of drug-likeness (QED) is 0.729. The Hall–Kier alpha value is -2.27. The normalized spacial score (nSPS) is 18.8. The third-order valence-electron chi connectivity index (χ3n) is 4.50. The van der Waals surface area contributed by atoms with Crippen molar-refractivity contribution in [3.05, 3.63) is 61.7 Å². The lowest BCUT2D eigenvalue weighted by Gasteiger charge is -2.05. The maximum Gasteiger partial charge on any atom is 0.259 e. The van der Waals surface area contributed by atoms with Crippen molar-refractivity contribution >= 4 is 27.9 Å². The zero-order valence-corrected chi connectivity index (χ0v) is 15.6. The molecule has 8 heteroatoms. The van der Waals surface area contributed by atoms with Gasteiger partial charge in [0.05, 0.1) is 28.4 Å².